The second-order valence-electron chi connectivity index (χ2n) is 5.20. The summed E-state index contributed by atoms with van der Waals surface area (Å²) in [5.74, 6) is -4.62. The molecule has 0 saturated heterocycles. The molecule has 0 unspecified atom stereocenters. The summed E-state index contributed by atoms with van der Waals surface area (Å²) >= 11 is 0. The number of nitro groups is 2. The number of carbonyl (C=O) groups excluding carboxylic acids is 2. The first kappa shape index (κ1) is 17.5. The Morgan fingerprint density at radius 3 is 1.78 bits per heavy atom. The molecule has 0 fully saturated rings. The average molecular weight is 373 g/mol. The van der Waals surface area contributed by atoms with E-state index in [0.717, 1.165) is 0 Å². The summed E-state index contributed by atoms with van der Waals surface area (Å²) in [6.07, 6.45) is 0. The van der Waals surface area contributed by atoms with Crippen LogP contribution in [0.3, 0.4) is 0 Å². The molecular formula is C15H7N3O9. The molecule has 2 amide bonds. The van der Waals surface area contributed by atoms with Crippen molar-refractivity contribution in [3.8, 4) is 5.75 Å². The van der Waals surface area contributed by atoms with Crippen molar-refractivity contribution >= 4 is 29.2 Å². The quantitative estimate of drug-likeness (QED) is 0.466. The second kappa shape index (κ2) is 6.18. The van der Waals surface area contributed by atoms with Crippen LogP contribution in [0.15, 0.2) is 36.4 Å². The van der Waals surface area contributed by atoms with Crippen molar-refractivity contribution in [3.63, 3.8) is 0 Å². The molecule has 1 heterocycles. The van der Waals surface area contributed by atoms with Gasteiger partial charge in [0.2, 0.25) is 0 Å². The van der Waals surface area contributed by atoms with Gasteiger partial charge in [0.25, 0.3) is 11.8 Å². The van der Waals surface area contributed by atoms with Crippen molar-refractivity contribution in [3.05, 3.63) is 73.3 Å². The van der Waals surface area contributed by atoms with Crippen molar-refractivity contribution in [1.82, 2.24) is 5.06 Å². The Labute approximate surface area is 148 Å². The predicted molar refractivity (Wildman–Crippen MR) is 84.3 cm³/mol. The second-order valence-corrected chi connectivity index (χ2v) is 5.20. The van der Waals surface area contributed by atoms with Gasteiger partial charge < -0.3 is 9.94 Å². The van der Waals surface area contributed by atoms with Gasteiger partial charge in [0.05, 0.1) is 26.5 Å². The van der Waals surface area contributed by atoms with Crippen LogP contribution >= 0.6 is 0 Å². The summed E-state index contributed by atoms with van der Waals surface area (Å²) in [4.78, 5) is 60.9. The molecule has 2 aromatic rings. The minimum atomic E-state index is -1.64. The highest BCUT2D eigenvalue weighted by Gasteiger charge is 2.41. The first-order valence-electron chi connectivity index (χ1n) is 7.08. The zero-order chi connectivity index (χ0) is 19.9. The number of imide groups is 1. The van der Waals surface area contributed by atoms with Crippen molar-refractivity contribution in [2.75, 3.05) is 0 Å². The van der Waals surface area contributed by atoms with Gasteiger partial charge in [-0.05, 0) is 12.1 Å². The van der Waals surface area contributed by atoms with E-state index in [9.17, 15) is 34.6 Å². The predicted octanol–water partition coefficient (Wildman–Crippen LogP) is 1.79. The molecule has 0 saturated carbocycles. The van der Waals surface area contributed by atoms with Crippen LogP contribution in [0.4, 0.5) is 11.4 Å². The molecule has 0 atom stereocenters. The normalized spacial score (nSPS) is 12.7. The van der Waals surface area contributed by atoms with Gasteiger partial charge in [0.1, 0.15) is 0 Å². The molecule has 3 rings (SSSR count). The molecule has 0 bridgehead atoms. The Hall–Kier alpha value is -4.35. The molecule has 2 aromatic carbocycles. The van der Waals surface area contributed by atoms with Gasteiger partial charge in [-0.1, -0.05) is 17.2 Å². The van der Waals surface area contributed by atoms with E-state index in [1.807, 2.05) is 0 Å². The van der Waals surface area contributed by atoms with E-state index < -0.39 is 50.3 Å². The van der Waals surface area contributed by atoms with Crippen LogP contribution in [-0.2, 0) is 0 Å². The summed E-state index contributed by atoms with van der Waals surface area (Å²) in [6.45, 7) is 0. The molecule has 1 N–H and O–H groups in total. The number of hydroxylamine groups is 2. The summed E-state index contributed by atoms with van der Waals surface area (Å²) in [5.41, 5.74) is -3.00. The number of aromatic carboxylic acids is 1. The lowest BCUT2D eigenvalue weighted by molar-refractivity contribution is -0.397. The Morgan fingerprint density at radius 1 is 0.963 bits per heavy atom. The van der Waals surface area contributed by atoms with Crippen LogP contribution < -0.4 is 4.84 Å². The summed E-state index contributed by atoms with van der Waals surface area (Å²) in [6, 6.07) is 6.64. The highest BCUT2D eigenvalue weighted by molar-refractivity contribution is 6.20. The van der Waals surface area contributed by atoms with Crippen molar-refractivity contribution in [2.45, 2.75) is 0 Å². The zero-order valence-electron chi connectivity index (χ0n) is 13.0. The maximum absolute atomic E-state index is 12.3. The Balaban J connectivity index is 2.14. The van der Waals surface area contributed by atoms with Crippen LogP contribution in [0.1, 0.15) is 31.1 Å². The number of nitro benzene ring substituents is 2. The first-order chi connectivity index (χ1) is 12.7. The third-order valence-electron chi connectivity index (χ3n) is 3.63. The van der Waals surface area contributed by atoms with E-state index in [1.165, 1.54) is 24.3 Å². The number of fused-ring (bicyclic) bond motifs is 1. The lowest BCUT2D eigenvalue weighted by Gasteiger charge is -2.14. The summed E-state index contributed by atoms with van der Waals surface area (Å²) in [7, 11) is 0. The average Bonchev–Trinajstić information content (AvgIpc) is 2.86. The number of nitrogens with zero attached hydrogens (tertiary/aromatic N) is 3. The highest BCUT2D eigenvalue weighted by Crippen LogP contribution is 2.39. The Kier molecular flexibility index (Phi) is 4.00. The van der Waals surface area contributed by atoms with Crippen molar-refractivity contribution in [2.24, 2.45) is 0 Å². The van der Waals surface area contributed by atoms with Crippen LogP contribution in [0, 0.1) is 20.2 Å². The number of benzene rings is 2. The lowest BCUT2D eigenvalue weighted by Crippen LogP contribution is -2.33. The lowest BCUT2D eigenvalue weighted by atomic mass is 10.1. The molecule has 0 aliphatic carbocycles. The molecule has 1 aliphatic heterocycles. The van der Waals surface area contributed by atoms with E-state index >= 15 is 0 Å². The number of carboxylic acid groups (broad SMARTS) is 1. The standard InChI is InChI=1S/C15H7N3O9/c19-13-8-3-1-2-4-9(8)14(20)16(13)27-12-10(17(23)24)5-7(15(21)22)6-11(12)18(25)26/h1-6H,(H,21,22). The van der Waals surface area contributed by atoms with Gasteiger partial charge in [-0.15, -0.1) is 0 Å². The van der Waals surface area contributed by atoms with E-state index in [4.69, 9.17) is 9.94 Å². The number of amides is 2. The molecule has 12 heteroatoms. The Bertz CT molecular complexity index is 977. The number of hydrogen-bond acceptors (Lipinski definition) is 8. The fourth-order valence-corrected chi connectivity index (χ4v) is 2.43. The number of hydrogen-bond donors (Lipinski definition) is 1. The van der Waals surface area contributed by atoms with Gasteiger partial charge >= 0.3 is 23.1 Å². The maximum Gasteiger partial charge on any atom is 0.336 e. The van der Waals surface area contributed by atoms with E-state index in [-0.39, 0.29) is 16.2 Å². The van der Waals surface area contributed by atoms with Gasteiger partial charge in [-0.25, -0.2) is 4.79 Å². The van der Waals surface area contributed by atoms with Crippen LogP contribution in [0.2, 0.25) is 0 Å². The molecule has 0 spiro atoms. The van der Waals surface area contributed by atoms with Crippen molar-refractivity contribution < 1.29 is 34.2 Å². The topological polar surface area (TPSA) is 170 Å². The smallest absolute Gasteiger partial charge is 0.336 e. The third-order valence-corrected chi connectivity index (χ3v) is 3.63. The van der Waals surface area contributed by atoms with Crippen LogP contribution in [0.25, 0.3) is 0 Å². The minimum absolute atomic E-state index is 0.0463. The summed E-state index contributed by atoms with van der Waals surface area (Å²) in [5, 5.41) is 31.6. The molecule has 136 valence electrons. The number of carboxylic acids is 1. The molecule has 27 heavy (non-hydrogen) atoms. The SMILES string of the molecule is O=C(O)c1cc([N+](=O)[O-])c(ON2C(=O)c3ccccc3C2=O)c([N+](=O)[O-])c1. The van der Waals surface area contributed by atoms with Gasteiger partial charge in [0, 0.05) is 12.1 Å². The van der Waals surface area contributed by atoms with E-state index in [1.54, 1.807) is 0 Å². The molecule has 0 radical (unpaired) electrons. The molecule has 0 aromatic heterocycles. The number of carbonyl (C=O) groups is 3. The Morgan fingerprint density at radius 2 is 1.41 bits per heavy atom. The number of rotatable bonds is 5. The van der Waals surface area contributed by atoms with Crippen molar-refractivity contribution in [1.29, 1.82) is 0 Å². The first-order valence-corrected chi connectivity index (χ1v) is 7.08. The molecule has 1 aliphatic rings. The monoisotopic (exact) mass is 373 g/mol. The molecular weight excluding hydrogens is 366 g/mol. The third kappa shape index (κ3) is 2.80. The van der Waals surface area contributed by atoms with Crippen LogP contribution in [0.5, 0.6) is 5.75 Å². The maximum atomic E-state index is 12.3. The fourth-order valence-electron chi connectivity index (χ4n) is 2.43. The van der Waals surface area contributed by atoms with E-state index in [0.29, 0.717) is 12.1 Å². The van der Waals surface area contributed by atoms with Gasteiger partial charge in [-0.3, -0.25) is 29.8 Å². The highest BCUT2D eigenvalue weighted by atomic mass is 16.7. The van der Waals surface area contributed by atoms with Gasteiger partial charge in [-0.2, -0.15) is 0 Å². The molecule has 12 nitrogen and oxygen atoms in total. The summed E-state index contributed by atoms with van der Waals surface area (Å²) < 4.78 is 0. The zero-order valence-corrected chi connectivity index (χ0v) is 13.0. The van der Waals surface area contributed by atoms with Crippen LogP contribution in [-0.4, -0.2) is 37.8 Å². The van der Waals surface area contributed by atoms with Gasteiger partial charge in [0.15, 0.2) is 0 Å². The fraction of sp³-hybridized carbons (Fsp3) is 0. The minimum Gasteiger partial charge on any atom is -0.478 e. The van der Waals surface area contributed by atoms with E-state index in [2.05, 4.69) is 0 Å². The largest absolute Gasteiger partial charge is 0.478 e.